The molecule has 1 aromatic carbocycles. The largest absolute Gasteiger partial charge is 0.349 e. The predicted octanol–water partition coefficient (Wildman–Crippen LogP) is 0.159. The first-order chi connectivity index (χ1) is 12.3. The van der Waals surface area contributed by atoms with E-state index < -0.39 is 26.6 Å². The van der Waals surface area contributed by atoms with E-state index in [-0.39, 0.29) is 31.6 Å². The van der Waals surface area contributed by atoms with Gasteiger partial charge >= 0.3 is 0 Å². The lowest BCUT2D eigenvalue weighted by Crippen LogP contribution is -3.15. The van der Waals surface area contributed by atoms with E-state index in [0.29, 0.717) is 19.2 Å². The summed E-state index contributed by atoms with van der Waals surface area (Å²) in [6, 6.07) is 2.60. The van der Waals surface area contributed by atoms with Gasteiger partial charge in [-0.2, -0.15) is 4.31 Å². The number of sulfonamides is 1. The van der Waals surface area contributed by atoms with Crippen molar-refractivity contribution in [3.63, 3.8) is 0 Å². The van der Waals surface area contributed by atoms with Crippen LogP contribution in [0.4, 0.5) is 8.78 Å². The third kappa shape index (κ3) is 4.99. The second-order valence-electron chi connectivity index (χ2n) is 6.49. The zero-order valence-corrected chi connectivity index (χ0v) is 15.9. The summed E-state index contributed by atoms with van der Waals surface area (Å²) in [5.41, 5.74) is 0. The molecule has 2 rings (SSSR count). The van der Waals surface area contributed by atoms with Crippen LogP contribution in [0.5, 0.6) is 0 Å². The standard InChI is InChI=1S/C17H25F2N3O3S/c1-3-14(4-2)20-17(23)12-21-7-9-22(10-8-21)26(24,25)16-6-5-13(18)11-15(16)19/h5-6,11,14H,3-4,7-10,12H2,1-2H3,(H,20,23)/p+1. The lowest BCUT2D eigenvalue weighted by atomic mass is 10.2. The van der Waals surface area contributed by atoms with Gasteiger partial charge in [0.05, 0.1) is 26.2 Å². The number of hydrogen-bond donors (Lipinski definition) is 2. The summed E-state index contributed by atoms with van der Waals surface area (Å²) in [6.45, 7) is 5.60. The fourth-order valence-corrected chi connectivity index (χ4v) is 4.53. The molecule has 1 amide bonds. The Morgan fingerprint density at radius 1 is 1.23 bits per heavy atom. The van der Waals surface area contributed by atoms with E-state index in [1.54, 1.807) is 0 Å². The number of amides is 1. The number of hydrogen-bond acceptors (Lipinski definition) is 3. The number of halogens is 2. The molecule has 9 heteroatoms. The molecule has 1 heterocycles. The van der Waals surface area contributed by atoms with E-state index in [0.717, 1.165) is 29.9 Å². The summed E-state index contributed by atoms with van der Waals surface area (Å²) in [5, 5.41) is 2.97. The number of nitrogens with one attached hydrogen (secondary N) is 2. The Bertz CT molecular complexity index is 731. The number of nitrogens with zero attached hydrogens (tertiary/aromatic N) is 1. The average molecular weight is 390 g/mol. The van der Waals surface area contributed by atoms with Crippen LogP contribution in [0.1, 0.15) is 26.7 Å². The highest BCUT2D eigenvalue weighted by atomic mass is 32.2. The van der Waals surface area contributed by atoms with Crippen molar-refractivity contribution >= 4 is 15.9 Å². The Balaban J connectivity index is 1.94. The highest BCUT2D eigenvalue weighted by Crippen LogP contribution is 2.20. The lowest BCUT2D eigenvalue weighted by Gasteiger charge is -2.31. The second-order valence-corrected chi connectivity index (χ2v) is 8.39. The zero-order chi connectivity index (χ0) is 19.3. The number of carbonyl (C=O) groups excluding carboxylic acids is 1. The molecular formula is C17H26F2N3O3S+. The minimum atomic E-state index is -4.01. The highest BCUT2D eigenvalue weighted by Gasteiger charge is 2.33. The van der Waals surface area contributed by atoms with Crippen LogP contribution >= 0.6 is 0 Å². The maximum absolute atomic E-state index is 13.8. The van der Waals surface area contributed by atoms with E-state index in [1.165, 1.54) is 4.31 Å². The van der Waals surface area contributed by atoms with Gasteiger partial charge in [-0.3, -0.25) is 4.79 Å². The molecule has 1 aliphatic rings. The van der Waals surface area contributed by atoms with Gasteiger partial charge in [-0.1, -0.05) is 13.8 Å². The van der Waals surface area contributed by atoms with Crippen molar-refractivity contribution in [1.29, 1.82) is 0 Å². The Kier molecular flexibility index (Phi) is 7.08. The number of piperazine rings is 1. The molecule has 26 heavy (non-hydrogen) atoms. The molecule has 0 unspecified atom stereocenters. The molecular weight excluding hydrogens is 364 g/mol. The molecule has 1 aliphatic heterocycles. The average Bonchev–Trinajstić information content (AvgIpc) is 2.59. The normalized spacial score (nSPS) is 16.8. The van der Waals surface area contributed by atoms with Gasteiger partial charge < -0.3 is 10.2 Å². The zero-order valence-electron chi connectivity index (χ0n) is 15.1. The summed E-state index contributed by atoms with van der Waals surface area (Å²) in [5.74, 6) is -1.96. The van der Waals surface area contributed by atoms with Crippen molar-refractivity contribution in [3.8, 4) is 0 Å². The molecule has 6 nitrogen and oxygen atoms in total. The first-order valence-corrected chi connectivity index (χ1v) is 10.3. The molecule has 0 spiro atoms. The van der Waals surface area contributed by atoms with Crippen molar-refractivity contribution in [2.24, 2.45) is 0 Å². The van der Waals surface area contributed by atoms with Crippen LogP contribution in [0.3, 0.4) is 0 Å². The topological polar surface area (TPSA) is 70.9 Å². The van der Waals surface area contributed by atoms with Gasteiger partial charge in [0.1, 0.15) is 16.5 Å². The smallest absolute Gasteiger partial charge is 0.275 e. The monoisotopic (exact) mass is 390 g/mol. The molecule has 2 N–H and O–H groups in total. The number of benzene rings is 1. The van der Waals surface area contributed by atoms with E-state index in [1.807, 2.05) is 13.8 Å². The van der Waals surface area contributed by atoms with Gasteiger partial charge in [0, 0.05) is 12.1 Å². The van der Waals surface area contributed by atoms with E-state index in [4.69, 9.17) is 0 Å². The molecule has 0 aromatic heterocycles. The van der Waals surface area contributed by atoms with Crippen LogP contribution in [0, 0.1) is 11.6 Å². The van der Waals surface area contributed by atoms with Crippen molar-refractivity contribution in [2.45, 2.75) is 37.6 Å². The molecule has 1 saturated heterocycles. The maximum Gasteiger partial charge on any atom is 0.275 e. The van der Waals surface area contributed by atoms with Crippen LogP contribution in [0.25, 0.3) is 0 Å². The van der Waals surface area contributed by atoms with Gasteiger partial charge in [0.15, 0.2) is 6.54 Å². The molecule has 0 saturated carbocycles. The Morgan fingerprint density at radius 2 is 1.85 bits per heavy atom. The van der Waals surface area contributed by atoms with Crippen LogP contribution in [0.15, 0.2) is 23.1 Å². The van der Waals surface area contributed by atoms with Crippen LogP contribution in [-0.4, -0.2) is 57.4 Å². The Labute approximate surface area is 153 Å². The van der Waals surface area contributed by atoms with Crippen molar-refractivity contribution < 1.29 is 26.9 Å². The SMILES string of the molecule is CCC(CC)NC(=O)C[NH+]1CCN(S(=O)(=O)c2ccc(F)cc2F)CC1. The number of rotatable bonds is 7. The fraction of sp³-hybridized carbons (Fsp3) is 0.588. The quantitative estimate of drug-likeness (QED) is 0.697. The van der Waals surface area contributed by atoms with Crippen LogP contribution in [-0.2, 0) is 14.8 Å². The first kappa shape index (κ1) is 20.7. The second kappa shape index (κ2) is 8.88. The van der Waals surface area contributed by atoms with Crippen molar-refractivity contribution in [1.82, 2.24) is 9.62 Å². The maximum atomic E-state index is 13.8. The van der Waals surface area contributed by atoms with Gasteiger partial charge in [0.2, 0.25) is 10.0 Å². The third-order valence-electron chi connectivity index (χ3n) is 4.70. The van der Waals surface area contributed by atoms with Gasteiger partial charge in [-0.15, -0.1) is 0 Å². The first-order valence-electron chi connectivity index (χ1n) is 8.86. The predicted molar refractivity (Wildman–Crippen MR) is 93.2 cm³/mol. The Morgan fingerprint density at radius 3 is 2.38 bits per heavy atom. The van der Waals surface area contributed by atoms with E-state index in [2.05, 4.69) is 5.32 Å². The summed E-state index contributed by atoms with van der Waals surface area (Å²) in [7, 11) is -4.01. The molecule has 146 valence electrons. The molecule has 0 radical (unpaired) electrons. The molecule has 1 fully saturated rings. The molecule has 0 atom stereocenters. The van der Waals surface area contributed by atoms with E-state index in [9.17, 15) is 22.0 Å². The summed E-state index contributed by atoms with van der Waals surface area (Å²) >= 11 is 0. The highest BCUT2D eigenvalue weighted by molar-refractivity contribution is 7.89. The third-order valence-corrected chi connectivity index (χ3v) is 6.63. The number of quaternary nitrogens is 1. The van der Waals surface area contributed by atoms with Gasteiger partial charge in [-0.05, 0) is 25.0 Å². The van der Waals surface area contributed by atoms with Crippen LogP contribution < -0.4 is 10.2 Å². The number of carbonyl (C=O) groups is 1. The van der Waals surface area contributed by atoms with Crippen LogP contribution in [0.2, 0.25) is 0 Å². The molecule has 0 bridgehead atoms. The Hall–Kier alpha value is -1.58. The summed E-state index contributed by atoms with van der Waals surface area (Å²) in [6.07, 6.45) is 1.74. The van der Waals surface area contributed by atoms with Crippen molar-refractivity contribution in [3.05, 3.63) is 29.8 Å². The summed E-state index contributed by atoms with van der Waals surface area (Å²) < 4.78 is 53.1. The summed E-state index contributed by atoms with van der Waals surface area (Å²) in [4.78, 5) is 12.5. The van der Waals surface area contributed by atoms with Gasteiger partial charge in [0.25, 0.3) is 5.91 Å². The van der Waals surface area contributed by atoms with Gasteiger partial charge in [-0.25, -0.2) is 17.2 Å². The molecule has 1 aromatic rings. The lowest BCUT2D eigenvalue weighted by molar-refractivity contribution is -0.895. The minimum Gasteiger partial charge on any atom is -0.349 e. The van der Waals surface area contributed by atoms with Crippen molar-refractivity contribution in [2.75, 3.05) is 32.7 Å². The van der Waals surface area contributed by atoms with E-state index >= 15 is 0 Å². The minimum absolute atomic E-state index is 0.0467. The molecule has 0 aliphatic carbocycles. The fourth-order valence-electron chi connectivity index (χ4n) is 3.04.